The number of hydrogen-bond donors (Lipinski definition) is 1. The fourth-order valence-electron chi connectivity index (χ4n) is 4.12. The first kappa shape index (κ1) is 25.3. The van der Waals surface area contributed by atoms with E-state index in [1.807, 2.05) is 26.8 Å². The number of aryl methyl sites for hydroxylation is 1. The summed E-state index contributed by atoms with van der Waals surface area (Å²) < 4.78 is 49.0. The first-order valence-electron chi connectivity index (χ1n) is 11.2. The third kappa shape index (κ3) is 5.45. The van der Waals surface area contributed by atoms with Gasteiger partial charge in [-0.25, -0.2) is 8.42 Å². The molecule has 7 nitrogen and oxygen atoms in total. The van der Waals surface area contributed by atoms with Gasteiger partial charge < -0.3 is 24.1 Å². The molecule has 0 aliphatic carbocycles. The highest BCUT2D eigenvalue weighted by molar-refractivity contribution is 7.91. The maximum absolute atomic E-state index is 12.9. The van der Waals surface area contributed by atoms with Crippen LogP contribution in [0, 0.1) is 13.8 Å². The molecule has 2 aromatic rings. The normalized spacial score (nSPS) is 18.4. The molecule has 8 heteroatoms. The van der Waals surface area contributed by atoms with Gasteiger partial charge in [0.05, 0.1) is 45.4 Å². The molecule has 0 bridgehead atoms. The smallest absolute Gasteiger partial charge is 0.184 e. The number of benzene rings is 2. The van der Waals surface area contributed by atoms with Crippen molar-refractivity contribution in [3.05, 3.63) is 46.5 Å². The lowest BCUT2D eigenvalue weighted by Crippen LogP contribution is -2.14. The number of hydrogen-bond acceptors (Lipinski definition) is 7. The van der Waals surface area contributed by atoms with Crippen LogP contribution in [0.2, 0.25) is 0 Å². The molecule has 182 valence electrons. The average molecular weight is 479 g/mol. The van der Waals surface area contributed by atoms with E-state index >= 15 is 0 Å². The van der Waals surface area contributed by atoms with E-state index in [-0.39, 0.29) is 22.9 Å². The Bertz CT molecular complexity index is 1080. The van der Waals surface area contributed by atoms with E-state index in [1.54, 1.807) is 19.2 Å². The van der Waals surface area contributed by atoms with Crippen molar-refractivity contribution in [1.82, 2.24) is 0 Å². The molecule has 0 unspecified atom stereocenters. The molecule has 1 saturated heterocycles. The zero-order chi connectivity index (χ0) is 24.2. The van der Waals surface area contributed by atoms with Crippen LogP contribution >= 0.6 is 0 Å². The molecule has 2 atom stereocenters. The van der Waals surface area contributed by atoms with Crippen molar-refractivity contribution in [2.75, 3.05) is 33.2 Å². The van der Waals surface area contributed by atoms with Gasteiger partial charge in [-0.3, -0.25) is 0 Å². The fourth-order valence-corrected chi connectivity index (χ4v) is 5.34. The lowest BCUT2D eigenvalue weighted by Gasteiger charge is -2.20. The van der Waals surface area contributed by atoms with E-state index in [4.69, 9.17) is 18.9 Å². The van der Waals surface area contributed by atoms with Gasteiger partial charge in [0.15, 0.2) is 21.3 Å². The molecule has 0 aromatic heterocycles. The zero-order valence-corrected chi connectivity index (χ0v) is 20.8. The molecule has 0 radical (unpaired) electrons. The lowest BCUT2D eigenvalue weighted by atomic mass is 9.99. The van der Waals surface area contributed by atoms with Gasteiger partial charge in [0.1, 0.15) is 10.6 Å². The number of aliphatic hydroxyl groups excluding tert-OH is 1. The molecule has 0 saturated carbocycles. The third-order valence-electron chi connectivity index (χ3n) is 6.03. The fraction of sp³-hybridized carbons (Fsp3) is 0.520. The van der Waals surface area contributed by atoms with Crippen molar-refractivity contribution in [3.8, 4) is 17.2 Å². The summed E-state index contributed by atoms with van der Waals surface area (Å²) >= 11 is 0. The monoisotopic (exact) mass is 478 g/mol. The Balaban J connectivity index is 1.97. The second-order valence-corrected chi connectivity index (χ2v) is 10.4. The maximum Gasteiger partial charge on any atom is 0.184 e. The minimum Gasteiger partial charge on any atom is -0.496 e. The topological polar surface area (TPSA) is 91.3 Å². The molecule has 0 spiro atoms. The van der Waals surface area contributed by atoms with E-state index in [9.17, 15) is 13.5 Å². The van der Waals surface area contributed by atoms with Gasteiger partial charge in [-0.05, 0) is 73.6 Å². The first-order chi connectivity index (χ1) is 15.7. The SMILES string of the molecule is CCCOc1c(OC)cc([C@@H]2CC[C@@H](c3cc(C)c(C)c(OC)c3)O2)cc1S(=O)(=O)CCO. The number of ether oxygens (including phenoxy) is 4. The van der Waals surface area contributed by atoms with Gasteiger partial charge in [-0.1, -0.05) is 13.0 Å². The van der Waals surface area contributed by atoms with Crippen molar-refractivity contribution >= 4 is 9.84 Å². The molecular formula is C25H34O7S. The second-order valence-electron chi connectivity index (χ2n) is 8.30. The molecule has 2 aromatic carbocycles. The third-order valence-corrected chi connectivity index (χ3v) is 7.73. The van der Waals surface area contributed by atoms with Gasteiger partial charge in [-0.2, -0.15) is 0 Å². The van der Waals surface area contributed by atoms with Crippen LogP contribution in [0.3, 0.4) is 0 Å². The van der Waals surface area contributed by atoms with Crippen LogP contribution < -0.4 is 14.2 Å². The minimum absolute atomic E-state index is 0.0271. The molecule has 33 heavy (non-hydrogen) atoms. The van der Waals surface area contributed by atoms with Gasteiger partial charge in [-0.15, -0.1) is 0 Å². The van der Waals surface area contributed by atoms with E-state index in [0.29, 0.717) is 17.9 Å². The number of sulfone groups is 1. The minimum atomic E-state index is -3.77. The van der Waals surface area contributed by atoms with Crippen molar-refractivity contribution < 1.29 is 32.5 Å². The quantitative estimate of drug-likeness (QED) is 0.539. The van der Waals surface area contributed by atoms with Crippen molar-refractivity contribution in [3.63, 3.8) is 0 Å². The molecule has 0 amide bonds. The van der Waals surface area contributed by atoms with E-state index < -0.39 is 22.2 Å². The second kappa shape index (κ2) is 10.8. The predicted molar refractivity (Wildman–Crippen MR) is 126 cm³/mol. The van der Waals surface area contributed by atoms with Crippen molar-refractivity contribution in [2.24, 2.45) is 0 Å². The Hall–Kier alpha value is -2.29. The van der Waals surface area contributed by atoms with Crippen LogP contribution in [0.1, 0.15) is 60.6 Å². The Morgan fingerprint density at radius 1 is 1.00 bits per heavy atom. The van der Waals surface area contributed by atoms with Crippen LogP contribution in [0.5, 0.6) is 17.2 Å². The standard InChI is InChI=1S/C25H34O7S/c1-6-10-31-25-23(30-5)14-19(15-24(25)33(27,28)11-9-26)21-8-7-20(32-21)18-12-16(2)17(3)22(13-18)29-4/h12-15,20-21,26H,6-11H2,1-5H3/t20-,21-/m0/s1. The number of aliphatic hydroxyl groups is 1. The zero-order valence-electron chi connectivity index (χ0n) is 20.0. The summed E-state index contributed by atoms with van der Waals surface area (Å²) in [5, 5.41) is 9.30. The van der Waals surface area contributed by atoms with Crippen LogP contribution in [0.15, 0.2) is 29.2 Å². The van der Waals surface area contributed by atoms with Gasteiger partial charge >= 0.3 is 0 Å². The highest BCUT2D eigenvalue weighted by atomic mass is 32.2. The Labute approximate surface area is 196 Å². The summed E-state index contributed by atoms with van der Waals surface area (Å²) in [6, 6.07) is 7.52. The number of rotatable bonds is 10. The highest BCUT2D eigenvalue weighted by Gasteiger charge is 2.32. The first-order valence-corrected chi connectivity index (χ1v) is 12.9. The number of methoxy groups -OCH3 is 2. The van der Waals surface area contributed by atoms with Crippen LogP contribution in [-0.4, -0.2) is 46.7 Å². The summed E-state index contributed by atoms with van der Waals surface area (Å²) in [6.45, 7) is 5.90. The average Bonchev–Trinajstić information content (AvgIpc) is 3.29. The Morgan fingerprint density at radius 2 is 1.61 bits per heavy atom. The largest absolute Gasteiger partial charge is 0.496 e. The Kier molecular flexibility index (Phi) is 8.26. The highest BCUT2D eigenvalue weighted by Crippen LogP contribution is 2.46. The van der Waals surface area contributed by atoms with Crippen LogP contribution in [0.25, 0.3) is 0 Å². The predicted octanol–water partition coefficient (Wildman–Crippen LogP) is 4.47. The molecular weight excluding hydrogens is 444 g/mol. The summed E-state index contributed by atoms with van der Waals surface area (Å²) in [5.74, 6) is 0.967. The molecule has 3 rings (SSSR count). The summed E-state index contributed by atoms with van der Waals surface area (Å²) in [5.41, 5.74) is 3.99. The summed E-state index contributed by atoms with van der Waals surface area (Å²) in [6.07, 6.45) is 1.84. The van der Waals surface area contributed by atoms with Gasteiger partial charge in [0.25, 0.3) is 0 Å². The van der Waals surface area contributed by atoms with E-state index in [1.165, 1.54) is 7.11 Å². The van der Waals surface area contributed by atoms with Gasteiger partial charge in [0.2, 0.25) is 0 Å². The molecule has 1 aliphatic heterocycles. The Morgan fingerprint density at radius 3 is 2.18 bits per heavy atom. The molecule has 1 fully saturated rings. The van der Waals surface area contributed by atoms with Crippen LogP contribution in [-0.2, 0) is 14.6 Å². The van der Waals surface area contributed by atoms with E-state index in [2.05, 4.69) is 6.07 Å². The lowest BCUT2D eigenvalue weighted by molar-refractivity contribution is 0.0436. The van der Waals surface area contributed by atoms with Crippen molar-refractivity contribution in [2.45, 2.75) is 57.1 Å². The summed E-state index contributed by atoms with van der Waals surface area (Å²) in [7, 11) is -0.623. The maximum atomic E-state index is 12.9. The molecule has 1 N–H and O–H groups in total. The van der Waals surface area contributed by atoms with Crippen LogP contribution in [0.4, 0.5) is 0 Å². The summed E-state index contributed by atoms with van der Waals surface area (Å²) in [4.78, 5) is 0.0271. The van der Waals surface area contributed by atoms with E-state index in [0.717, 1.165) is 41.7 Å². The molecule has 1 aliphatic rings. The molecule has 1 heterocycles. The van der Waals surface area contributed by atoms with Crippen molar-refractivity contribution in [1.29, 1.82) is 0 Å². The van der Waals surface area contributed by atoms with Gasteiger partial charge in [0, 0.05) is 0 Å².